The third-order valence-corrected chi connectivity index (χ3v) is 8.89. The number of Topliss-reactive ketones (excluding diaryl/α,β-unsaturated/α-hetero) is 1. The maximum absolute atomic E-state index is 13.3. The molecule has 2 aliphatic heterocycles. The number of rotatable bonds is 6. The largest absolute Gasteiger partial charge is 0.388 e. The lowest BCUT2D eigenvalue weighted by Crippen LogP contribution is -2.54. The van der Waals surface area contributed by atoms with Gasteiger partial charge in [0.05, 0.1) is 10.5 Å². The fourth-order valence-corrected chi connectivity index (χ4v) is 6.44. The van der Waals surface area contributed by atoms with Crippen LogP contribution in [-0.2, 0) is 10.0 Å². The summed E-state index contributed by atoms with van der Waals surface area (Å²) in [7, 11) is -3.51. The maximum Gasteiger partial charge on any atom is 0.243 e. The Kier molecular flexibility index (Phi) is 6.79. The molecule has 2 aliphatic rings. The zero-order chi connectivity index (χ0) is 24.4. The molecule has 35 heavy (non-hydrogen) atoms. The van der Waals surface area contributed by atoms with E-state index in [1.807, 2.05) is 30.3 Å². The molecule has 2 fully saturated rings. The molecule has 1 N–H and O–H groups in total. The van der Waals surface area contributed by atoms with Gasteiger partial charge in [0.2, 0.25) is 16.0 Å². The van der Waals surface area contributed by atoms with Gasteiger partial charge in [0.25, 0.3) is 0 Å². The molecule has 0 amide bonds. The van der Waals surface area contributed by atoms with Gasteiger partial charge in [-0.2, -0.15) is 4.31 Å². The van der Waals surface area contributed by atoms with Crippen molar-refractivity contribution in [3.05, 3.63) is 60.4 Å². The van der Waals surface area contributed by atoms with Crippen LogP contribution in [0, 0.1) is 0 Å². The Labute approximate surface area is 205 Å². The quantitative estimate of drug-likeness (QED) is 0.516. The van der Waals surface area contributed by atoms with Crippen molar-refractivity contribution in [2.75, 3.05) is 50.8 Å². The molecule has 0 unspecified atom stereocenters. The van der Waals surface area contributed by atoms with E-state index in [0.29, 0.717) is 35.5 Å². The third-order valence-electron chi connectivity index (χ3n) is 7.00. The first-order valence-corrected chi connectivity index (χ1v) is 13.3. The average Bonchev–Trinajstić information content (AvgIpc) is 2.92. The van der Waals surface area contributed by atoms with Crippen LogP contribution in [0.2, 0.25) is 0 Å². The number of carbonyl (C=O) groups is 1. The van der Waals surface area contributed by atoms with Gasteiger partial charge in [-0.05, 0) is 35.7 Å². The van der Waals surface area contributed by atoms with Gasteiger partial charge in [0.15, 0.2) is 5.78 Å². The topological polar surface area (TPSA) is 107 Å². The van der Waals surface area contributed by atoms with E-state index in [2.05, 4.69) is 19.8 Å². The summed E-state index contributed by atoms with van der Waals surface area (Å²) >= 11 is 0. The van der Waals surface area contributed by atoms with Gasteiger partial charge in [-0.3, -0.25) is 9.69 Å². The highest BCUT2D eigenvalue weighted by Crippen LogP contribution is 2.26. The lowest BCUT2D eigenvalue weighted by atomic mass is 10.0. The predicted octanol–water partition coefficient (Wildman–Crippen LogP) is 1.78. The molecule has 2 aromatic carbocycles. The van der Waals surface area contributed by atoms with Crippen LogP contribution in [-0.4, -0.2) is 90.4 Å². The fraction of sp³-hybridized carbons (Fsp3) is 0.400. The van der Waals surface area contributed by atoms with Crippen molar-refractivity contribution in [2.24, 2.45) is 0 Å². The summed E-state index contributed by atoms with van der Waals surface area (Å²) in [4.78, 5) is 25.0. The average molecular weight is 496 g/mol. The summed E-state index contributed by atoms with van der Waals surface area (Å²) < 4.78 is 28.1. The number of hydrogen-bond donors (Lipinski definition) is 1. The molecule has 0 spiro atoms. The van der Waals surface area contributed by atoms with Crippen LogP contribution in [0.1, 0.15) is 23.2 Å². The van der Waals surface area contributed by atoms with Gasteiger partial charge < -0.3 is 10.0 Å². The number of aliphatic hydroxyl groups excluding tert-OH is 1. The first-order valence-electron chi connectivity index (χ1n) is 11.9. The normalized spacial score (nSPS) is 18.7. The molecule has 0 atom stereocenters. The summed E-state index contributed by atoms with van der Waals surface area (Å²) in [6, 6.07) is 13.5. The van der Waals surface area contributed by atoms with E-state index in [1.54, 1.807) is 16.4 Å². The number of aromatic nitrogens is 2. The lowest BCUT2D eigenvalue weighted by Gasteiger charge is -2.42. The van der Waals surface area contributed by atoms with Crippen molar-refractivity contribution in [1.82, 2.24) is 19.2 Å². The molecular formula is C25H29N5O4S. The molecule has 0 radical (unpaired) electrons. The molecule has 5 rings (SSSR count). The van der Waals surface area contributed by atoms with Gasteiger partial charge in [-0.25, -0.2) is 18.4 Å². The van der Waals surface area contributed by atoms with Gasteiger partial charge in [-0.1, -0.05) is 30.3 Å². The third kappa shape index (κ3) is 4.92. The second kappa shape index (κ2) is 9.98. The van der Waals surface area contributed by atoms with E-state index >= 15 is 0 Å². The Balaban J connectivity index is 1.16. The van der Waals surface area contributed by atoms with E-state index in [-0.39, 0.29) is 0 Å². The number of hydrogen-bond acceptors (Lipinski definition) is 8. The SMILES string of the molecule is O=C(CO)c1cnc(N2CCN(C3CCN(S(=O)(=O)c4ccc5ccccc5c4)CC3)CC2)nc1. The second-order valence-corrected chi connectivity index (χ2v) is 11.0. The summed E-state index contributed by atoms with van der Waals surface area (Å²) in [5.74, 6) is 0.186. The number of aliphatic hydroxyl groups is 1. The molecule has 184 valence electrons. The molecule has 3 heterocycles. The molecule has 3 aromatic rings. The number of piperidine rings is 1. The number of ketones is 1. The number of carbonyl (C=O) groups excluding carboxylic acids is 1. The number of nitrogens with zero attached hydrogens (tertiary/aromatic N) is 5. The van der Waals surface area contributed by atoms with Crippen LogP contribution >= 0.6 is 0 Å². The van der Waals surface area contributed by atoms with E-state index in [9.17, 15) is 13.2 Å². The summed E-state index contributed by atoms with van der Waals surface area (Å²) in [5.41, 5.74) is 0.306. The van der Waals surface area contributed by atoms with Crippen molar-refractivity contribution in [1.29, 1.82) is 0 Å². The van der Waals surface area contributed by atoms with Crippen LogP contribution in [0.3, 0.4) is 0 Å². The smallest absolute Gasteiger partial charge is 0.243 e. The Bertz CT molecular complexity index is 1300. The van der Waals surface area contributed by atoms with Crippen LogP contribution in [0.4, 0.5) is 5.95 Å². The Morgan fingerprint density at radius 3 is 2.23 bits per heavy atom. The highest BCUT2D eigenvalue weighted by atomic mass is 32.2. The van der Waals surface area contributed by atoms with Crippen LogP contribution in [0.15, 0.2) is 59.8 Å². The Morgan fingerprint density at radius 2 is 1.57 bits per heavy atom. The zero-order valence-electron chi connectivity index (χ0n) is 19.5. The Hall–Kier alpha value is -2.92. The highest BCUT2D eigenvalue weighted by molar-refractivity contribution is 7.89. The molecule has 0 bridgehead atoms. The maximum atomic E-state index is 13.3. The standard InChI is InChI=1S/C25H29N5O4S/c31-18-24(32)21-16-26-25(27-17-21)29-13-11-28(12-14-29)22-7-9-30(10-8-22)35(33,34)23-6-5-19-3-1-2-4-20(19)15-23/h1-6,15-17,22,31H,7-14,18H2. The van der Waals surface area contributed by atoms with Crippen LogP contribution < -0.4 is 4.90 Å². The van der Waals surface area contributed by atoms with Gasteiger partial charge in [0, 0.05) is 57.7 Å². The minimum Gasteiger partial charge on any atom is -0.388 e. The second-order valence-electron chi connectivity index (χ2n) is 9.02. The first kappa shape index (κ1) is 23.8. The van der Waals surface area contributed by atoms with E-state index in [1.165, 1.54) is 12.4 Å². The van der Waals surface area contributed by atoms with E-state index in [0.717, 1.165) is 49.8 Å². The minimum atomic E-state index is -3.51. The van der Waals surface area contributed by atoms with Crippen molar-refractivity contribution in [2.45, 2.75) is 23.8 Å². The molecule has 0 aliphatic carbocycles. The van der Waals surface area contributed by atoms with Gasteiger partial charge in [0.1, 0.15) is 6.61 Å². The Morgan fingerprint density at radius 1 is 0.914 bits per heavy atom. The fourth-order valence-electron chi connectivity index (χ4n) is 4.93. The van der Waals surface area contributed by atoms with Crippen molar-refractivity contribution in [3.8, 4) is 0 Å². The molecule has 2 saturated heterocycles. The summed E-state index contributed by atoms with van der Waals surface area (Å²) in [6.45, 7) is 3.72. The van der Waals surface area contributed by atoms with E-state index < -0.39 is 22.4 Å². The van der Waals surface area contributed by atoms with E-state index in [4.69, 9.17) is 5.11 Å². The minimum absolute atomic E-state index is 0.306. The first-order chi connectivity index (χ1) is 17.0. The number of piperazine rings is 1. The summed E-state index contributed by atoms with van der Waals surface area (Å²) in [5, 5.41) is 10.9. The molecule has 0 saturated carbocycles. The van der Waals surface area contributed by atoms with Crippen molar-refractivity contribution >= 4 is 32.5 Å². The van der Waals surface area contributed by atoms with Crippen molar-refractivity contribution < 1.29 is 18.3 Å². The monoisotopic (exact) mass is 495 g/mol. The van der Waals surface area contributed by atoms with Gasteiger partial charge >= 0.3 is 0 Å². The van der Waals surface area contributed by atoms with Crippen LogP contribution in [0.25, 0.3) is 10.8 Å². The van der Waals surface area contributed by atoms with Gasteiger partial charge in [-0.15, -0.1) is 0 Å². The highest BCUT2D eigenvalue weighted by Gasteiger charge is 2.33. The molecule has 9 nitrogen and oxygen atoms in total. The predicted molar refractivity (Wildman–Crippen MR) is 133 cm³/mol. The summed E-state index contributed by atoms with van der Waals surface area (Å²) in [6.07, 6.45) is 4.53. The van der Waals surface area contributed by atoms with Crippen molar-refractivity contribution in [3.63, 3.8) is 0 Å². The molecule has 1 aromatic heterocycles. The molecule has 10 heteroatoms. The number of benzene rings is 2. The zero-order valence-corrected chi connectivity index (χ0v) is 20.3. The lowest BCUT2D eigenvalue weighted by molar-refractivity contribution is 0.0903. The molecular weight excluding hydrogens is 466 g/mol. The van der Waals surface area contributed by atoms with Crippen LogP contribution in [0.5, 0.6) is 0 Å². The number of sulfonamides is 1. The number of anilines is 1. The number of fused-ring (bicyclic) bond motifs is 1.